The molecular weight excluding hydrogens is 340 g/mol. The number of aromatic nitrogens is 2. The van der Waals surface area contributed by atoms with Crippen LogP contribution in [0.1, 0.15) is 30.5 Å². The van der Waals surface area contributed by atoms with Crippen LogP contribution in [0.15, 0.2) is 28.7 Å². The van der Waals surface area contributed by atoms with Crippen LogP contribution >= 0.6 is 15.9 Å². The van der Waals surface area contributed by atoms with Crippen LogP contribution in [0.3, 0.4) is 0 Å². The van der Waals surface area contributed by atoms with Crippen LogP contribution in [-0.2, 0) is 0 Å². The topological polar surface area (TPSA) is 41.1 Å². The number of nitrogens with one attached hydrogen (secondary N) is 1. The highest BCUT2D eigenvalue weighted by Gasteiger charge is 2.14. The van der Waals surface area contributed by atoms with Gasteiger partial charge in [-0.15, -0.1) is 0 Å². The largest absolute Gasteiger partial charge is 0.341 e. The van der Waals surface area contributed by atoms with Crippen molar-refractivity contribution in [1.82, 2.24) is 9.97 Å². The van der Waals surface area contributed by atoms with Crippen molar-refractivity contribution in [3.8, 4) is 0 Å². The highest BCUT2D eigenvalue weighted by molar-refractivity contribution is 9.10. The van der Waals surface area contributed by atoms with Crippen molar-refractivity contribution in [3.05, 3.63) is 40.0 Å². The minimum Gasteiger partial charge on any atom is -0.341 e. The molecule has 1 aromatic carbocycles. The van der Waals surface area contributed by atoms with E-state index >= 15 is 0 Å². The van der Waals surface area contributed by atoms with Gasteiger partial charge in [-0.1, -0.05) is 15.9 Å². The quantitative estimate of drug-likeness (QED) is 0.868. The maximum Gasteiger partial charge on any atom is 0.227 e. The van der Waals surface area contributed by atoms with E-state index < -0.39 is 0 Å². The zero-order valence-corrected chi connectivity index (χ0v) is 14.7. The Kier molecular flexibility index (Phi) is 4.62. The van der Waals surface area contributed by atoms with Crippen LogP contribution in [-0.4, -0.2) is 23.1 Å². The number of piperidine rings is 1. The molecule has 4 nitrogen and oxygen atoms in total. The molecule has 1 aromatic heterocycles. The van der Waals surface area contributed by atoms with Gasteiger partial charge in [0, 0.05) is 35.0 Å². The van der Waals surface area contributed by atoms with Crippen LogP contribution < -0.4 is 10.2 Å². The summed E-state index contributed by atoms with van der Waals surface area (Å²) in [5.74, 6) is 1.70. The third kappa shape index (κ3) is 3.58. The molecule has 0 amide bonds. The zero-order chi connectivity index (χ0) is 15.5. The second kappa shape index (κ2) is 6.65. The van der Waals surface area contributed by atoms with E-state index in [1.165, 1.54) is 24.8 Å². The van der Waals surface area contributed by atoms with Crippen LogP contribution in [0, 0.1) is 13.8 Å². The van der Waals surface area contributed by atoms with Gasteiger partial charge in [-0.05, 0) is 56.9 Å². The Bertz CT molecular complexity index is 666. The van der Waals surface area contributed by atoms with Crippen LogP contribution in [0.4, 0.5) is 17.5 Å². The molecule has 5 heteroatoms. The Morgan fingerprint density at radius 3 is 2.55 bits per heavy atom. The third-order valence-corrected chi connectivity index (χ3v) is 4.43. The molecule has 1 fully saturated rings. The molecule has 3 rings (SSSR count). The number of aryl methyl sites for hydroxylation is 2. The van der Waals surface area contributed by atoms with E-state index in [0.717, 1.165) is 40.7 Å². The molecule has 2 heterocycles. The molecule has 0 unspecified atom stereocenters. The van der Waals surface area contributed by atoms with Crippen molar-refractivity contribution >= 4 is 33.4 Å². The van der Waals surface area contributed by atoms with E-state index in [1.54, 1.807) is 0 Å². The predicted octanol–water partition coefficient (Wildman–Crippen LogP) is 4.59. The maximum atomic E-state index is 4.71. The lowest BCUT2D eigenvalue weighted by atomic mass is 10.1. The Balaban J connectivity index is 1.85. The van der Waals surface area contributed by atoms with E-state index in [1.807, 2.05) is 19.1 Å². The number of halogens is 1. The normalized spacial score (nSPS) is 15.0. The number of rotatable bonds is 3. The average Bonchev–Trinajstić information content (AvgIpc) is 2.50. The Morgan fingerprint density at radius 1 is 1.05 bits per heavy atom. The first-order valence-electron chi connectivity index (χ1n) is 7.75. The van der Waals surface area contributed by atoms with Gasteiger partial charge in [-0.3, -0.25) is 0 Å². The summed E-state index contributed by atoms with van der Waals surface area (Å²) < 4.78 is 1.09. The molecule has 1 aliphatic rings. The number of anilines is 3. The summed E-state index contributed by atoms with van der Waals surface area (Å²) in [5, 5.41) is 3.42. The van der Waals surface area contributed by atoms with Crippen molar-refractivity contribution in [2.45, 2.75) is 33.1 Å². The van der Waals surface area contributed by atoms with E-state index in [0.29, 0.717) is 0 Å². The summed E-state index contributed by atoms with van der Waals surface area (Å²) in [6.45, 7) is 6.22. The second-order valence-electron chi connectivity index (χ2n) is 5.83. The number of hydrogen-bond donors (Lipinski definition) is 1. The maximum absolute atomic E-state index is 4.71. The van der Waals surface area contributed by atoms with E-state index in [4.69, 9.17) is 4.98 Å². The first-order chi connectivity index (χ1) is 10.6. The SMILES string of the molecule is Cc1cc(Nc2ccc(Br)cc2C)nc(N2CCCCC2)n1. The lowest BCUT2D eigenvalue weighted by molar-refractivity contribution is 0.568. The molecule has 0 spiro atoms. The van der Waals surface area contributed by atoms with Gasteiger partial charge in [0.05, 0.1) is 0 Å². The lowest BCUT2D eigenvalue weighted by Crippen LogP contribution is -2.31. The van der Waals surface area contributed by atoms with Crippen LogP contribution in [0.25, 0.3) is 0 Å². The first-order valence-corrected chi connectivity index (χ1v) is 8.55. The van der Waals surface area contributed by atoms with Gasteiger partial charge < -0.3 is 10.2 Å². The molecule has 1 saturated heterocycles. The monoisotopic (exact) mass is 360 g/mol. The summed E-state index contributed by atoms with van der Waals surface area (Å²) in [4.78, 5) is 11.6. The van der Waals surface area contributed by atoms with Crippen molar-refractivity contribution < 1.29 is 0 Å². The fourth-order valence-electron chi connectivity index (χ4n) is 2.76. The highest BCUT2D eigenvalue weighted by atomic mass is 79.9. The van der Waals surface area contributed by atoms with Gasteiger partial charge >= 0.3 is 0 Å². The van der Waals surface area contributed by atoms with E-state index in [-0.39, 0.29) is 0 Å². The summed E-state index contributed by atoms with van der Waals surface area (Å²) >= 11 is 3.50. The van der Waals surface area contributed by atoms with Crippen molar-refractivity contribution in [3.63, 3.8) is 0 Å². The minimum atomic E-state index is 0.844. The Hall–Kier alpha value is -1.62. The molecular formula is C17H21BrN4. The van der Waals surface area contributed by atoms with Gasteiger partial charge in [-0.25, -0.2) is 4.98 Å². The molecule has 2 aromatic rings. The molecule has 116 valence electrons. The van der Waals surface area contributed by atoms with Gasteiger partial charge in [0.15, 0.2) is 0 Å². The molecule has 0 atom stereocenters. The Labute approximate surface area is 140 Å². The van der Waals surface area contributed by atoms with Gasteiger partial charge in [-0.2, -0.15) is 4.98 Å². The van der Waals surface area contributed by atoms with E-state index in [2.05, 4.69) is 50.2 Å². The number of hydrogen-bond acceptors (Lipinski definition) is 4. The zero-order valence-electron chi connectivity index (χ0n) is 13.1. The van der Waals surface area contributed by atoms with Crippen molar-refractivity contribution in [2.75, 3.05) is 23.3 Å². The average molecular weight is 361 g/mol. The lowest BCUT2D eigenvalue weighted by Gasteiger charge is -2.27. The second-order valence-corrected chi connectivity index (χ2v) is 6.74. The summed E-state index contributed by atoms with van der Waals surface area (Å²) in [7, 11) is 0. The minimum absolute atomic E-state index is 0.844. The molecule has 0 bridgehead atoms. The molecule has 1 N–H and O–H groups in total. The van der Waals surface area contributed by atoms with Gasteiger partial charge in [0.25, 0.3) is 0 Å². The first kappa shape index (κ1) is 15.3. The molecule has 0 aliphatic carbocycles. The smallest absolute Gasteiger partial charge is 0.227 e. The summed E-state index contributed by atoms with van der Waals surface area (Å²) in [5.41, 5.74) is 3.25. The van der Waals surface area contributed by atoms with Crippen molar-refractivity contribution in [1.29, 1.82) is 0 Å². The highest BCUT2D eigenvalue weighted by Crippen LogP contribution is 2.25. The van der Waals surface area contributed by atoms with Crippen molar-refractivity contribution in [2.24, 2.45) is 0 Å². The molecule has 1 aliphatic heterocycles. The third-order valence-electron chi connectivity index (χ3n) is 3.93. The van der Waals surface area contributed by atoms with Crippen LogP contribution in [0.2, 0.25) is 0 Å². The van der Waals surface area contributed by atoms with Gasteiger partial charge in [0.2, 0.25) is 5.95 Å². The summed E-state index contributed by atoms with van der Waals surface area (Å²) in [6, 6.07) is 8.20. The standard InChI is InChI=1S/C17H21BrN4/c1-12-10-14(18)6-7-15(12)20-16-11-13(2)19-17(21-16)22-8-4-3-5-9-22/h6-7,10-11H,3-5,8-9H2,1-2H3,(H,19,20,21). The summed E-state index contributed by atoms with van der Waals surface area (Å²) in [6.07, 6.45) is 3.77. The molecule has 0 radical (unpaired) electrons. The number of benzene rings is 1. The van der Waals surface area contributed by atoms with Crippen LogP contribution in [0.5, 0.6) is 0 Å². The predicted molar refractivity (Wildman–Crippen MR) is 95.0 cm³/mol. The number of nitrogens with zero attached hydrogens (tertiary/aromatic N) is 3. The van der Waals surface area contributed by atoms with E-state index in [9.17, 15) is 0 Å². The van der Waals surface area contributed by atoms with Gasteiger partial charge in [0.1, 0.15) is 5.82 Å². The molecule has 22 heavy (non-hydrogen) atoms. The molecule has 0 saturated carbocycles. The fourth-order valence-corrected chi connectivity index (χ4v) is 3.23. The fraction of sp³-hybridized carbons (Fsp3) is 0.412. The Morgan fingerprint density at radius 2 is 1.82 bits per heavy atom.